The van der Waals surface area contributed by atoms with E-state index >= 15 is 0 Å². The summed E-state index contributed by atoms with van der Waals surface area (Å²) in [5.74, 6) is -0.149. The molecule has 0 aliphatic heterocycles. The van der Waals surface area contributed by atoms with E-state index in [-0.39, 0.29) is 0 Å². The molecule has 0 unspecified atom stereocenters. The molecule has 1 aliphatic carbocycles. The molecule has 0 spiro atoms. The number of carboxylic acids is 1. The van der Waals surface area contributed by atoms with Crippen molar-refractivity contribution in [2.45, 2.75) is 52.4 Å². The quantitative estimate of drug-likeness (QED) is 0.729. The van der Waals surface area contributed by atoms with Crippen LogP contribution in [-0.4, -0.2) is 11.1 Å². The number of carboxylic acid groups (broad SMARTS) is 1. The highest BCUT2D eigenvalue weighted by Gasteiger charge is 2.43. The number of carbonyl (C=O) groups is 1. The molecule has 1 rings (SSSR count). The van der Waals surface area contributed by atoms with Crippen LogP contribution < -0.4 is 0 Å². The molecule has 0 aromatic carbocycles. The molecule has 0 saturated heterocycles. The lowest BCUT2D eigenvalue weighted by molar-refractivity contribution is -0.153. The molecular formula is C11H20O2. The zero-order chi connectivity index (χ0) is 9.90. The molecule has 2 nitrogen and oxygen atoms in total. The van der Waals surface area contributed by atoms with E-state index in [1.54, 1.807) is 0 Å². The molecule has 0 atom stereocenters. The van der Waals surface area contributed by atoms with Gasteiger partial charge in [0.25, 0.3) is 0 Å². The van der Waals surface area contributed by atoms with Gasteiger partial charge < -0.3 is 5.11 Å². The highest BCUT2D eigenvalue weighted by molar-refractivity contribution is 5.75. The van der Waals surface area contributed by atoms with E-state index in [1.165, 1.54) is 12.8 Å². The third-order valence-electron chi connectivity index (χ3n) is 3.82. The van der Waals surface area contributed by atoms with Crippen molar-refractivity contribution in [1.29, 1.82) is 0 Å². The minimum absolute atomic E-state index is 0.420. The van der Waals surface area contributed by atoms with Gasteiger partial charge in [-0.1, -0.05) is 26.7 Å². The van der Waals surface area contributed by atoms with Gasteiger partial charge in [-0.25, -0.2) is 0 Å². The van der Waals surface area contributed by atoms with Crippen LogP contribution in [0.4, 0.5) is 0 Å². The van der Waals surface area contributed by atoms with Crippen molar-refractivity contribution in [2.75, 3.05) is 0 Å². The van der Waals surface area contributed by atoms with Gasteiger partial charge in [0.15, 0.2) is 0 Å². The zero-order valence-corrected chi connectivity index (χ0v) is 8.68. The van der Waals surface area contributed by atoms with Crippen molar-refractivity contribution in [3.8, 4) is 0 Å². The van der Waals surface area contributed by atoms with Crippen LogP contribution in [0.5, 0.6) is 0 Å². The minimum Gasteiger partial charge on any atom is -0.481 e. The maximum absolute atomic E-state index is 11.3. The summed E-state index contributed by atoms with van der Waals surface area (Å²) in [6, 6.07) is 0. The van der Waals surface area contributed by atoms with E-state index in [1.807, 2.05) is 13.8 Å². The Morgan fingerprint density at radius 2 is 1.77 bits per heavy atom. The molecule has 2 heteroatoms. The normalized spacial score (nSPS) is 19.2. The van der Waals surface area contributed by atoms with Gasteiger partial charge >= 0.3 is 5.97 Å². The SMILES string of the molecule is CCC(CC)(C(=O)O)C1CCCC1. The molecule has 0 amide bonds. The van der Waals surface area contributed by atoms with Gasteiger partial charge in [-0.2, -0.15) is 0 Å². The average Bonchev–Trinajstić information content (AvgIpc) is 2.60. The number of hydrogen-bond donors (Lipinski definition) is 1. The van der Waals surface area contributed by atoms with Crippen LogP contribution in [0.25, 0.3) is 0 Å². The Morgan fingerprint density at radius 3 is 2.08 bits per heavy atom. The summed E-state index contributed by atoms with van der Waals surface area (Å²) in [6.45, 7) is 4.02. The van der Waals surface area contributed by atoms with Crippen LogP contribution in [0.3, 0.4) is 0 Å². The molecule has 1 N–H and O–H groups in total. The van der Waals surface area contributed by atoms with E-state index < -0.39 is 11.4 Å². The predicted octanol–water partition coefficient (Wildman–Crippen LogP) is 3.07. The fourth-order valence-corrected chi connectivity index (χ4v) is 2.78. The number of hydrogen-bond acceptors (Lipinski definition) is 1. The van der Waals surface area contributed by atoms with Crippen molar-refractivity contribution < 1.29 is 9.90 Å². The van der Waals surface area contributed by atoms with Crippen LogP contribution in [-0.2, 0) is 4.79 Å². The molecular weight excluding hydrogens is 164 g/mol. The highest BCUT2D eigenvalue weighted by atomic mass is 16.4. The third kappa shape index (κ3) is 1.72. The van der Waals surface area contributed by atoms with Gasteiger partial charge in [0.05, 0.1) is 5.41 Å². The molecule has 0 bridgehead atoms. The van der Waals surface area contributed by atoms with Gasteiger partial charge in [-0.15, -0.1) is 0 Å². The fourth-order valence-electron chi connectivity index (χ4n) is 2.78. The first kappa shape index (κ1) is 10.6. The Bertz CT molecular complexity index is 177. The molecule has 13 heavy (non-hydrogen) atoms. The first-order valence-corrected chi connectivity index (χ1v) is 5.40. The van der Waals surface area contributed by atoms with Crippen LogP contribution in [0.1, 0.15) is 52.4 Å². The summed E-state index contributed by atoms with van der Waals surface area (Å²) >= 11 is 0. The summed E-state index contributed by atoms with van der Waals surface area (Å²) in [5, 5.41) is 9.28. The largest absolute Gasteiger partial charge is 0.481 e. The van der Waals surface area contributed by atoms with Crippen LogP contribution in [0, 0.1) is 11.3 Å². The van der Waals surface area contributed by atoms with E-state index in [9.17, 15) is 9.90 Å². The molecule has 0 aromatic heterocycles. The predicted molar refractivity (Wildman–Crippen MR) is 52.6 cm³/mol. The molecule has 1 fully saturated rings. The monoisotopic (exact) mass is 184 g/mol. The van der Waals surface area contributed by atoms with Crippen molar-refractivity contribution in [2.24, 2.45) is 11.3 Å². The minimum atomic E-state index is -0.579. The Kier molecular flexibility index (Phi) is 3.34. The van der Waals surface area contributed by atoms with Crippen molar-refractivity contribution in [3.63, 3.8) is 0 Å². The lowest BCUT2D eigenvalue weighted by Crippen LogP contribution is -2.36. The molecule has 1 aliphatic rings. The smallest absolute Gasteiger partial charge is 0.309 e. The summed E-state index contributed by atoms with van der Waals surface area (Å²) in [4.78, 5) is 11.3. The lowest BCUT2D eigenvalue weighted by atomic mass is 9.70. The van der Waals surface area contributed by atoms with Crippen LogP contribution in [0.15, 0.2) is 0 Å². The standard InChI is InChI=1S/C11H20O2/c1-3-11(4-2,10(12)13)9-7-5-6-8-9/h9H,3-8H2,1-2H3,(H,12,13). The summed E-state index contributed by atoms with van der Waals surface area (Å²) in [6.07, 6.45) is 6.24. The molecule has 0 heterocycles. The van der Waals surface area contributed by atoms with E-state index in [2.05, 4.69) is 0 Å². The topological polar surface area (TPSA) is 37.3 Å². The molecule has 1 saturated carbocycles. The zero-order valence-electron chi connectivity index (χ0n) is 8.68. The second-order valence-corrected chi connectivity index (χ2v) is 4.15. The maximum Gasteiger partial charge on any atom is 0.309 e. The second-order valence-electron chi connectivity index (χ2n) is 4.15. The summed E-state index contributed by atoms with van der Waals surface area (Å²) in [7, 11) is 0. The highest BCUT2D eigenvalue weighted by Crippen LogP contribution is 2.44. The van der Waals surface area contributed by atoms with E-state index in [0.29, 0.717) is 5.92 Å². The fraction of sp³-hybridized carbons (Fsp3) is 0.909. The maximum atomic E-state index is 11.3. The number of rotatable bonds is 4. The Morgan fingerprint density at radius 1 is 1.31 bits per heavy atom. The van der Waals surface area contributed by atoms with Crippen LogP contribution >= 0.6 is 0 Å². The van der Waals surface area contributed by atoms with Gasteiger partial charge in [-0.05, 0) is 31.6 Å². The Hall–Kier alpha value is -0.530. The van der Waals surface area contributed by atoms with Gasteiger partial charge in [0.1, 0.15) is 0 Å². The number of aliphatic carboxylic acids is 1. The van der Waals surface area contributed by atoms with Crippen molar-refractivity contribution >= 4 is 5.97 Å². The first-order valence-electron chi connectivity index (χ1n) is 5.40. The molecule has 76 valence electrons. The molecule has 0 aromatic rings. The first-order chi connectivity index (χ1) is 6.17. The van der Waals surface area contributed by atoms with Crippen molar-refractivity contribution in [1.82, 2.24) is 0 Å². The lowest BCUT2D eigenvalue weighted by Gasteiger charge is -2.33. The summed E-state index contributed by atoms with van der Waals surface area (Å²) in [5.41, 5.74) is -0.420. The third-order valence-corrected chi connectivity index (χ3v) is 3.82. The second kappa shape index (κ2) is 4.12. The average molecular weight is 184 g/mol. The Labute approximate surface area is 80.3 Å². The van der Waals surface area contributed by atoms with Gasteiger partial charge in [-0.3, -0.25) is 4.79 Å². The summed E-state index contributed by atoms with van der Waals surface area (Å²) < 4.78 is 0. The van der Waals surface area contributed by atoms with Gasteiger partial charge in [0, 0.05) is 0 Å². The van der Waals surface area contributed by atoms with E-state index in [0.717, 1.165) is 25.7 Å². The Balaban J connectivity index is 2.80. The van der Waals surface area contributed by atoms with Gasteiger partial charge in [0.2, 0.25) is 0 Å². The van der Waals surface area contributed by atoms with E-state index in [4.69, 9.17) is 0 Å². The van der Waals surface area contributed by atoms with Crippen LogP contribution in [0.2, 0.25) is 0 Å². The van der Waals surface area contributed by atoms with Crippen molar-refractivity contribution in [3.05, 3.63) is 0 Å². The molecule has 0 radical (unpaired) electrons.